The van der Waals surface area contributed by atoms with E-state index in [2.05, 4.69) is 24.4 Å². The van der Waals surface area contributed by atoms with Crippen molar-refractivity contribution in [2.75, 3.05) is 12.3 Å². The molecule has 0 unspecified atom stereocenters. The number of nitrogen functional groups attached to an aromatic ring is 1. The molecule has 0 atom stereocenters. The van der Waals surface area contributed by atoms with Gasteiger partial charge in [0.05, 0.1) is 0 Å². The Morgan fingerprint density at radius 2 is 2.12 bits per heavy atom. The molecule has 1 aromatic rings. The minimum Gasteiger partial charge on any atom is -0.398 e. The van der Waals surface area contributed by atoms with Crippen LogP contribution in [0.2, 0.25) is 0 Å². The third-order valence-electron chi connectivity index (χ3n) is 2.55. The number of nitrogens with two attached hydrogens (primary N) is 1. The SMILES string of the molecule is CC(=O)NCCC=Cc1cc(C)cc(C)c1N. The largest absolute Gasteiger partial charge is 0.398 e. The minimum absolute atomic E-state index is 0.00399. The summed E-state index contributed by atoms with van der Waals surface area (Å²) in [6, 6.07) is 4.14. The lowest BCUT2D eigenvalue weighted by atomic mass is 10.0. The number of hydrogen-bond acceptors (Lipinski definition) is 2. The normalized spacial score (nSPS) is 10.8. The minimum atomic E-state index is 0.00399. The van der Waals surface area contributed by atoms with Crippen molar-refractivity contribution >= 4 is 17.7 Å². The van der Waals surface area contributed by atoms with Crippen LogP contribution in [0, 0.1) is 13.8 Å². The summed E-state index contributed by atoms with van der Waals surface area (Å²) in [6.45, 7) is 6.25. The second-order valence-electron chi connectivity index (χ2n) is 4.26. The number of benzene rings is 1. The van der Waals surface area contributed by atoms with Crippen molar-refractivity contribution in [3.05, 3.63) is 34.9 Å². The highest BCUT2D eigenvalue weighted by Crippen LogP contribution is 2.20. The van der Waals surface area contributed by atoms with Gasteiger partial charge in [-0.05, 0) is 37.5 Å². The van der Waals surface area contributed by atoms with Gasteiger partial charge in [0.25, 0.3) is 0 Å². The van der Waals surface area contributed by atoms with Crippen molar-refractivity contribution in [2.24, 2.45) is 0 Å². The van der Waals surface area contributed by atoms with Crippen LogP contribution in [0.1, 0.15) is 30.0 Å². The Balaban J connectivity index is 2.62. The van der Waals surface area contributed by atoms with E-state index in [9.17, 15) is 4.79 Å². The van der Waals surface area contributed by atoms with Crippen LogP contribution in [0.5, 0.6) is 0 Å². The van der Waals surface area contributed by atoms with Crippen molar-refractivity contribution in [3.63, 3.8) is 0 Å². The maximum atomic E-state index is 10.7. The van der Waals surface area contributed by atoms with Crippen LogP contribution in [-0.4, -0.2) is 12.5 Å². The van der Waals surface area contributed by atoms with Crippen molar-refractivity contribution < 1.29 is 4.79 Å². The summed E-state index contributed by atoms with van der Waals surface area (Å²) in [6.07, 6.45) is 4.85. The van der Waals surface area contributed by atoms with Crippen LogP contribution in [0.25, 0.3) is 6.08 Å². The maximum absolute atomic E-state index is 10.7. The second kappa shape index (κ2) is 6.09. The van der Waals surface area contributed by atoms with Crippen LogP contribution >= 0.6 is 0 Å². The second-order valence-corrected chi connectivity index (χ2v) is 4.26. The van der Waals surface area contributed by atoms with Crippen LogP contribution in [0.4, 0.5) is 5.69 Å². The van der Waals surface area contributed by atoms with Gasteiger partial charge in [0.1, 0.15) is 0 Å². The van der Waals surface area contributed by atoms with Crippen molar-refractivity contribution in [3.8, 4) is 0 Å². The van der Waals surface area contributed by atoms with Gasteiger partial charge in [-0.1, -0.05) is 23.8 Å². The van der Waals surface area contributed by atoms with Gasteiger partial charge < -0.3 is 11.1 Å². The Labute approximate surface area is 103 Å². The smallest absolute Gasteiger partial charge is 0.216 e. The quantitative estimate of drug-likeness (QED) is 0.618. The number of nitrogens with one attached hydrogen (secondary N) is 1. The first-order valence-corrected chi connectivity index (χ1v) is 5.78. The highest BCUT2D eigenvalue weighted by atomic mass is 16.1. The van der Waals surface area contributed by atoms with Crippen molar-refractivity contribution in [1.82, 2.24) is 5.32 Å². The van der Waals surface area contributed by atoms with E-state index in [0.717, 1.165) is 23.2 Å². The van der Waals surface area contributed by atoms with E-state index >= 15 is 0 Å². The molecule has 0 bridgehead atoms. The van der Waals surface area contributed by atoms with Gasteiger partial charge in [0.2, 0.25) is 5.91 Å². The fourth-order valence-electron chi connectivity index (χ4n) is 1.69. The van der Waals surface area contributed by atoms with E-state index in [0.29, 0.717) is 6.54 Å². The Hall–Kier alpha value is -1.77. The Morgan fingerprint density at radius 1 is 1.41 bits per heavy atom. The molecule has 1 aromatic carbocycles. The van der Waals surface area contributed by atoms with Crippen LogP contribution in [0.3, 0.4) is 0 Å². The van der Waals surface area contributed by atoms with Gasteiger partial charge in [0.15, 0.2) is 0 Å². The third kappa shape index (κ3) is 4.31. The number of aryl methyl sites for hydroxylation is 2. The molecule has 3 heteroatoms. The monoisotopic (exact) mass is 232 g/mol. The molecule has 3 N–H and O–H groups in total. The molecular weight excluding hydrogens is 212 g/mol. The van der Waals surface area contributed by atoms with E-state index in [4.69, 9.17) is 5.73 Å². The molecular formula is C14H20N2O. The molecule has 0 aromatic heterocycles. The molecule has 3 nitrogen and oxygen atoms in total. The van der Waals surface area contributed by atoms with Gasteiger partial charge >= 0.3 is 0 Å². The fraction of sp³-hybridized carbons (Fsp3) is 0.357. The summed E-state index contributed by atoms with van der Waals surface area (Å²) < 4.78 is 0. The molecule has 0 aliphatic heterocycles. The number of anilines is 1. The first-order valence-electron chi connectivity index (χ1n) is 5.78. The number of rotatable bonds is 4. The molecule has 1 rings (SSSR count). The molecule has 0 aliphatic carbocycles. The molecule has 0 heterocycles. The first kappa shape index (κ1) is 13.3. The summed E-state index contributed by atoms with van der Waals surface area (Å²) in [7, 11) is 0. The van der Waals surface area contributed by atoms with Crippen molar-refractivity contribution in [2.45, 2.75) is 27.2 Å². The number of carbonyl (C=O) groups excluding carboxylic acids is 1. The number of hydrogen-bond donors (Lipinski definition) is 2. The molecule has 1 amide bonds. The lowest BCUT2D eigenvalue weighted by Crippen LogP contribution is -2.20. The van der Waals surface area contributed by atoms with E-state index in [-0.39, 0.29) is 5.91 Å². The van der Waals surface area contributed by atoms with Gasteiger partial charge in [-0.15, -0.1) is 0 Å². The predicted molar refractivity (Wildman–Crippen MR) is 72.7 cm³/mol. The average Bonchev–Trinajstić information content (AvgIpc) is 2.23. The zero-order valence-corrected chi connectivity index (χ0v) is 10.7. The lowest BCUT2D eigenvalue weighted by Gasteiger charge is -2.06. The highest BCUT2D eigenvalue weighted by Gasteiger charge is 1.99. The maximum Gasteiger partial charge on any atom is 0.216 e. The molecule has 0 saturated carbocycles. The van der Waals surface area contributed by atoms with Gasteiger partial charge in [-0.3, -0.25) is 4.79 Å². The van der Waals surface area contributed by atoms with Gasteiger partial charge in [-0.25, -0.2) is 0 Å². The molecule has 0 aliphatic rings. The predicted octanol–water partition coefficient (Wildman–Crippen LogP) is 2.43. The molecule has 92 valence electrons. The number of carbonyl (C=O) groups is 1. The van der Waals surface area contributed by atoms with E-state index in [1.807, 2.05) is 19.1 Å². The zero-order valence-electron chi connectivity index (χ0n) is 10.7. The Bertz CT molecular complexity index is 436. The average molecular weight is 232 g/mol. The Morgan fingerprint density at radius 3 is 2.76 bits per heavy atom. The van der Waals surface area contributed by atoms with Gasteiger partial charge in [-0.2, -0.15) is 0 Å². The Kier molecular flexibility index (Phi) is 4.76. The lowest BCUT2D eigenvalue weighted by molar-refractivity contribution is -0.118. The van der Waals surface area contributed by atoms with Gasteiger partial charge in [0, 0.05) is 19.2 Å². The van der Waals surface area contributed by atoms with Crippen LogP contribution in [0.15, 0.2) is 18.2 Å². The van der Waals surface area contributed by atoms with Crippen LogP contribution < -0.4 is 11.1 Å². The van der Waals surface area contributed by atoms with Crippen molar-refractivity contribution in [1.29, 1.82) is 0 Å². The molecule has 17 heavy (non-hydrogen) atoms. The standard InChI is InChI=1S/C14H20N2O/c1-10-8-11(2)14(15)13(9-10)6-4-5-7-16-12(3)17/h4,6,8-9H,5,7,15H2,1-3H3,(H,16,17). The van der Waals surface area contributed by atoms with E-state index in [1.165, 1.54) is 12.5 Å². The van der Waals surface area contributed by atoms with Crippen LogP contribution in [-0.2, 0) is 4.79 Å². The molecule has 0 fully saturated rings. The molecule has 0 saturated heterocycles. The summed E-state index contributed by atoms with van der Waals surface area (Å²) in [5.74, 6) is 0.00399. The highest BCUT2D eigenvalue weighted by molar-refractivity contribution is 5.72. The summed E-state index contributed by atoms with van der Waals surface area (Å²) >= 11 is 0. The molecule has 0 spiro atoms. The third-order valence-corrected chi connectivity index (χ3v) is 2.55. The number of amides is 1. The first-order chi connectivity index (χ1) is 8.00. The summed E-state index contributed by atoms with van der Waals surface area (Å²) in [5.41, 5.74) is 10.2. The molecule has 0 radical (unpaired) electrons. The van der Waals surface area contributed by atoms with E-state index in [1.54, 1.807) is 0 Å². The zero-order chi connectivity index (χ0) is 12.8. The fourth-order valence-corrected chi connectivity index (χ4v) is 1.69. The summed E-state index contributed by atoms with van der Waals surface area (Å²) in [5, 5.41) is 2.75. The van der Waals surface area contributed by atoms with E-state index < -0.39 is 0 Å². The summed E-state index contributed by atoms with van der Waals surface area (Å²) in [4.78, 5) is 10.7. The topological polar surface area (TPSA) is 55.1 Å².